The van der Waals surface area contributed by atoms with Crippen LogP contribution in [0.1, 0.15) is 24.5 Å². The summed E-state index contributed by atoms with van der Waals surface area (Å²) in [7, 11) is 0. The molecule has 3 nitrogen and oxygen atoms in total. The topological polar surface area (TPSA) is 38.3 Å². The zero-order valence-electron chi connectivity index (χ0n) is 9.37. The summed E-state index contributed by atoms with van der Waals surface area (Å²) in [6.07, 6.45) is 0.932. The normalized spacial score (nSPS) is 12.5. The number of hydrogen-bond donors (Lipinski definition) is 1. The summed E-state index contributed by atoms with van der Waals surface area (Å²) in [5, 5.41) is 0. The van der Waals surface area contributed by atoms with E-state index >= 15 is 0 Å². The van der Waals surface area contributed by atoms with Crippen LogP contribution in [0.5, 0.6) is 5.75 Å². The van der Waals surface area contributed by atoms with Crippen molar-refractivity contribution >= 4 is 11.3 Å². The Labute approximate surface area is 93.6 Å². The lowest BCUT2D eigenvalue weighted by atomic mass is 10.1. The Morgan fingerprint density at radius 1 is 1.40 bits per heavy atom. The average molecular weight is 227 g/mol. The highest BCUT2D eigenvalue weighted by molar-refractivity contribution is 7.78. The highest BCUT2D eigenvalue weighted by Crippen LogP contribution is 2.19. The molecule has 0 amide bonds. The first kappa shape index (κ1) is 12.2. The van der Waals surface area contributed by atoms with Crippen LogP contribution in [0.4, 0.5) is 0 Å². The molecule has 0 saturated heterocycles. The number of rotatable bonds is 5. The van der Waals surface area contributed by atoms with Crippen LogP contribution in [0.2, 0.25) is 0 Å². The summed E-state index contributed by atoms with van der Waals surface area (Å²) in [6.45, 7) is 6.63. The fraction of sp³-hybridized carbons (Fsp3) is 0.455. The van der Waals surface area contributed by atoms with Crippen molar-refractivity contribution in [2.45, 2.75) is 27.2 Å². The third-order valence-corrected chi connectivity index (χ3v) is 2.75. The minimum Gasteiger partial charge on any atom is -0.389 e. The Morgan fingerprint density at radius 2 is 2.13 bits per heavy atom. The van der Waals surface area contributed by atoms with E-state index in [1.54, 1.807) is 0 Å². The molecule has 84 valence electrons. The van der Waals surface area contributed by atoms with E-state index in [2.05, 4.69) is 4.72 Å². The second kappa shape index (κ2) is 5.88. The highest BCUT2D eigenvalue weighted by atomic mass is 32.2. The minimum atomic E-state index is -1.44. The summed E-state index contributed by atoms with van der Waals surface area (Å²) in [5.41, 5.74) is 2.09. The molecule has 0 saturated carbocycles. The van der Waals surface area contributed by atoms with Crippen molar-refractivity contribution in [2.75, 3.05) is 6.54 Å². The van der Waals surface area contributed by atoms with Gasteiger partial charge in [0, 0.05) is 6.54 Å². The minimum absolute atomic E-state index is 0.678. The average Bonchev–Trinajstić information content (AvgIpc) is 2.20. The van der Waals surface area contributed by atoms with E-state index in [1.807, 2.05) is 39.0 Å². The van der Waals surface area contributed by atoms with Gasteiger partial charge in [-0.15, -0.1) is 0 Å². The molecule has 0 aliphatic rings. The van der Waals surface area contributed by atoms with Crippen LogP contribution >= 0.6 is 0 Å². The van der Waals surface area contributed by atoms with E-state index in [0.29, 0.717) is 12.3 Å². The van der Waals surface area contributed by atoms with Crippen molar-refractivity contribution in [1.29, 1.82) is 0 Å². The SMILES string of the molecule is CCCNS(=O)Oc1cc(C)ccc1C. The van der Waals surface area contributed by atoms with Gasteiger partial charge < -0.3 is 4.18 Å². The van der Waals surface area contributed by atoms with Crippen LogP contribution in [-0.4, -0.2) is 10.8 Å². The Morgan fingerprint density at radius 3 is 2.80 bits per heavy atom. The first-order valence-electron chi connectivity index (χ1n) is 5.04. The molecule has 0 fully saturated rings. The van der Waals surface area contributed by atoms with Gasteiger partial charge in [0.1, 0.15) is 5.75 Å². The Balaban J connectivity index is 2.63. The van der Waals surface area contributed by atoms with Gasteiger partial charge in [-0.1, -0.05) is 19.1 Å². The summed E-state index contributed by atoms with van der Waals surface area (Å²) in [5.74, 6) is 0.678. The molecule has 1 rings (SSSR count). The van der Waals surface area contributed by atoms with Crippen molar-refractivity contribution in [2.24, 2.45) is 0 Å². The van der Waals surface area contributed by atoms with Gasteiger partial charge in [0.15, 0.2) is 0 Å². The van der Waals surface area contributed by atoms with Crippen LogP contribution in [0.15, 0.2) is 18.2 Å². The van der Waals surface area contributed by atoms with Crippen LogP contribution in [0, 0.1) is 13.8 Å². The maximum atomic E-state index is 11.4. The lowest BCUT2D eigenvalue weighted by Crippen LogP contribution is -2.22. The fourth-order valence-electron chi connectivity index (χ4n) is 1.09. The van der Waals surface area contributed by atoms with E-state index in [4.69, 9.17) is 4.18 Å². The standard InChI is InChI=1S/C11H17NO2S/c1-4-7-12-15(13)14-11-8-9(2)5-6-10(11)3/h5-6,8,12H,4,7H2,1-3H3. The van der Waals surface area contributed by atoms with Crippen molar-refractivity contribution in [3.63, 3.8) is 0 Å². The first-order valence-corrected chi connectivity index (χ1v) is 6.12. The van der Waals surface area contributed by atoms with Gasteiger partial charge in [-0.3, -0.25) is 0 Å². The van der Waals surface area contributed by atoms with E-state index < -0.39 is 11.3 Å². The van der Waals surface area contributed by atoms with Crippen LogP contribution in [-0.2, 0) is 11.3 Å². The molecule has 1 aromatic rings. The second-order valence-corrected chi connectivity index (χ2v) is 4.41. The van der Waals surface area contributed by atoms with Crippen molar-refractivity contribution in [3.8, 4) is 5.75 Å². The molecule has 1 N–H and O–H groups in total. The zero-order valence-corrected chi connectivity index (χ0v) is 10.2. The molecule has 0 aliphatic carbocycles. The summed E-state index contributed by atoms with van der Waals surface area (Å²) in [4.78, 5) is 0. The van der Waals surface area contributed by atoms with E-state index in [9.17, 15) is 4.21 Å². The summed E-state index contributed by atoms with van der Waals surface area (Å²) in [6, 6.07) is 5.85. The smallest absolute Gasteiger partial charge is 0.288 e. The fourth-order valence-corrected chi connectivity index (χ4v) is 1.87. The van der Waals surface area contributed by atoms with Crippen LogP contribution in [0.25, 0.3) is 0 Å². The first-order chi connectivity index (χ1) is 7.13. The largest absolute Gasteiger partial charge is 0.389 e. The molecular weight excluding hydrogens is 210 g/mol. The third kappa shape index (κ3) is 4.01. The molecule has 0 heterocycles. The van der Waals surface area contributed by atoms with Gasteiger partial charge in [0.25, 0.3) is 11.3 Å². The van der Waals surface area contributed by atoms with Crippen molar-refractivity contribution in [3.05, 3.63) is 29.3 Å². The molecule has 0 aromatic heterocycles. The molecular formula is C11H17NO2S. The summed E-state index contributed by atoms with van der Waals surface area (Å²) < 4.78 is 19.5. The predicted octanol–water partition coefficient (Wildman–Crippen LogP) is 2.26. The van der Waals surface area contributed by atoms with Crippen LogP contribution in [0.3, 0.4) is 0 Å². The van der Waals surface area contributed by atoms with E-state index in [0.717, 1.165) is 17.5 Å². The molecule has 1 unspecified atom stereocenters. The van der Waals surface area contributed by atoms with Crippen molar-refractivity contribution in [1.82, 2.24) is 4.72 Å². The molecule has 1 aromatic carbocycles. The molecule has 1 atom stereocenters. The zero-order chi connectivity index (χ0) is 11.3. The van der Waals surface area contributed by atoms with Gasteiger partial charge in [0.2, 0.25) is 0 Å². The molecule has 0 aliphatic heterocycles. The third-order valence-electron chi connectivity index (χ3n) is 1.98. The molecule has 15 heavy (non-hydrogen) atoms. The molecule has 4 heteroatoms. The number of benzene rings is 1. The van der Waals surface area contributed by atoms with Crippen LogP contribution < -0.4 is 8.91 Å². The van der Waals surface area contributed by atoms with E-state index in [1.165, 1.54) is 0 Å². The van der Waals surface area contributed by atoms with Gasteiger partial charge in [-0.05, 0) is 37.5 Å². The lowest BCUT2D eigenvalue weighted by molar-refractivity contribution is 0.544. The Bertz CT molecular complexity index is 352. The van der Waals surface area contributed by atoms with Gasteiger partial charge >= 0.3 is 0 Å². The van der Waals surface area contributed by atoms with Gasteiger partial charge in [0.05, 0.1) is 0 Å². The molecule has 0 bridgehead atoms. The predicted molar refractivity (Wildman–Crippen MR) is 63.0 cm³/mol. The Hall–Kier alpha value is -0.870. The quantitative estimate of drug-likeness (QED) is 0.838. The van der Waals surface area contributed by atoms with Crippen molar-refractivity contribution < 1.29 is 8.39 Å². The number of hydrogen-bond acceptors (Lipinski definition) is 2. The number of nitrogens with one attached hydrogen (secondary N) is 1. The van der Waals surface area contributed by atoms with Gasteiger partial charge in [-0.2, -0.15) is 4.21 Å². The Kier molecular flexibility index (Phi) is 4.78. The second-order valence-electron chi connectivity index (χ2n) is 3.48. The molecule has 0 spiro atoms. The maximum Gasteiger partial charge on any atom is 0.288 e. The maximum absolute atomic E-state index is 11.4. The highest BCUT2D eigenvalue weighted by Gasteiger charge is 2.04. The monoisotopic (exact) mass is 227 g/mol. The number of aryl methyl sites for hydroxylation is 2. The lowest BCUT2D eigenvalue weighted by Gasteiger charge is -2.08. The van der Waals surface area contributed by atoms with Gasteiger partial charge in [-0.25, -0.2) is 4.72 Å². The summed E-state index contributed by atoms with van der Waals surface area (Å²) >= 11 is -1.44. The van der Waals surface area contributed by atoms with E-state index in [-0.39, 0.29) is 0 Å². The molecule has 0 radical (unpaired) electrons.